The van der Waals surface area contributed by atoms with Gasteiger partial charge in [-0.2, -0.15) is 0 Å². The number of esters is 1. The van der Waals surface area contributed by atoms with E-state index in [9.17, 15) is 18.0 Å². The molecular weight excluding hydrogens is 390 g/mol. The third-order valence-corrected chi connectivity index (χ3v) is 5.53. The number of Topliss-reactive ketones (excluding diaryl/α,β-unsaturated/α-hetero) is 1. The molecule has 0 fully saturated rings. The number of benzene rings is 2. The molecule has 0 aliphatic carbocycles. The number of carbonyl (C=O) groups excluding carboxylic acids is 2. The molecule has 0 aromatic heterocycles. The molecule has 0 amide bonds. The van der Waals surface area contributed by atoms with Gasteiger partial charge < -0.3 is 4.74 Å². The molecular formula is C19H20ClNO5S. The van der Waals surface area contributed by atoms with Gasteiger partial charge in [0.2, 0.25) is 15.8 Å². The van der Waals surface area contributed by atoms with Crippen LogP contribution in [0.25, 0.3) is 0 Å². The lowest BCUT2D eigenvalue weighted by molar-refractivity contribution is -0.142. The average molecular weight is 410 g/mol. The van der Waals surface area contributed by atoms with Crippen LogP contribution in [0.1, 0.15) is 27.9 Å². The summed E-state index contributed by atoms with van der Waals surface area (Å²) in [6.07, 6.45) is -0.188. The molecule has 0 aliphatic heterocycles. The van der Waals surface area contributed by atoms with E-state index in [1.54, 1.807) is 13.0 Å². The van der Waals surface area contributed by atoms with Gasteiger partial charge in [-0.3, -0.25) is 9.59 Å². The summed E-state index contributed by atoms with van der Waals surface area (Å²) in [4.78, 5) is 24.0. The molecule has 0 aliphatic rings. The highest BCUT2D eigenvalue weighted by molar-refractivity contribution is 7.89. The number of aryl methyl sites for hydroxylation is 2. The van der Waals surface area contributed by atoms with Crippen molar-refractivity contribution in [3.63, 3.8) is 0 Å². The van der Waals surface area contributed by atoms with Gasteiger partial charge in [0, 0.05) is 17.1 Å². The summed E-state index contributed by atoms with van der Waals surface area (Å²) in [6, 6.07) is 11.1. The van der Waals surface area contributed by atoms with Crippen molar-refractivity contribution in [3.05, 3.63) is 64.2 Å². The highest BCUT2D eigenvalue weighted by atomic mass is 35.5. The summed E-state index contributed by atoms with van der Waals surface area (Å²) in [5.74, 6) is -0.959. The van der Waals surface area contributed by atoms with E-state index in [-0.39, 0.29) is 30.3 Å². The minimum Gasteiger partial charge on any atom is -0.457 e. The van der Waals surface area contributed by atoms with Gasteiger partial charge in [0.1, 0.15) is 0 Å². The van der Waals surface area contributed by atoms with E-state index in [1.165, 1.54) is 24.3 Å². The number of hydrogen-bond acceptors (Lipinski definition) is 5. The average Bonchev–Trinajstić information content (AvgIpc) is 2.62. The first kappa shape index (κ1) is 21.1. The molecule has 2 rings (SSSR count). The standard InChI is InChI=1S/C19H20ClNO5S/c1-13-3-4-14(2)17(11-13)18(22)12-26-19(23)9-10-21-27(24,25)16-7-5-15(20)6-8-16/h3-8,11,21H,9-10,12H2,1-2H3. The van der Waals surface area contributed by atoms with Crippen LogP contribution >= 0.6 is 11.6 Å². The van der Waals surface area contributed by atoms with Crippen LogP contribution < -0.4 is 4.72 Å². The fourth-order valence-corrected chi connectivity index (χ4v) is 3.47. The van der Waals surface area contributed by atoms with Crippen molar-refractivity contribution in [2.45, 2.75) is 25.2 Å². The number of carbonyl (C=O) groups is 2. The molecule has 0 atom stereocenters. The highest BCUT2D eigenvalue weighted by Gasteiger charge is 2.16. The largest absolute Gasteiger partial charge is 0.457 e. The Morgan fingerprint density at radius 1 is 1.07 bits per heavy atom. The Labute approximate surface area is 163 Å². The minimum atomic E-state index is -3.74. The van der Waals surface area contributed by atoms with Gasteiger partial charge in [-0.15, -0.1) is 0 Å². The van der Waals surface area contributed by atoms with Crippen LogP contribution in [0, 0.1) is 13.8 Å². The highest BCUT2D eigenvalue weighted by Crippen LogP contribution is 2.14. The molecule has 27 heavy (non-hydrogen) atoms. The Balaban J connectivity index is 1.81. The number of ketones is 1. The van der Waals surface area contributed by atoms with Gasteiger partial charge in [-0.25, -0.2) is 13.1 Å². The summed E-state index contributed by atoms with van der Waals surface area (Å²) in [5, 5.41) is 0.422. The summed E-state index contributed by atoms with van der Waals surface area (Å²) < 4.78 is 31.4. The van der Waals surface area contributed by atoms with Crippen LogP contribution in [0.15, 0.2) is 47.4 Å². The SMILES string of the molecule is Cc1ccc(C)c(C(=O)COC(=O)CCNS(=O)(=O)c2ccc(Cl)cc2)c1. The van der Waals surface area contributed by atoms with Crippen molar-refractivity contribution in [2.24, 2.45) is 0 Å². The van der Waals surface area contributed by atoms with Crippen molar-refractivity contribution >= 4 is 33.4 Å². The zero-order chi connectivity index (χ0) is 20.0. The molecule has 6 nitrogen and oxygen atoms in total. The van der Waals surface area contributed by atoms with Gasteiger partial charge >= 0.3 is 5.97 Å². The first-order valence-corrected chi connectivity index (χ1v) is 10.1. The summed E-state index contributed by atoms with van der Waals surface area (Å²) in [5.41, 5.74) is 2.25. The lowest BCUT2D eigenvalue weighted by atomic mass is 10.0. The van der Waals surface area contributed by atoms with Gasteiger partial charge in [0.25, 0.3) is 0 Å². The van der Waals surface area contributed by atoms with Crippen molar-refractivity contribution in [1.82, 2.24) is 4.72 Å². The first-order chi connectivity index (χ1) is 12.7. The van der Waals surface area contributed by atoms with E-state index in [4.69, 9.17) is 16.3 Å². The second-order valence-electron chi connectivity index (χ2n) is 6.00. The number of halogens is 1. The van der Waals surface area contributed by atoms with Gasteiger partial charge in [0.15, 0.2) is 6.61 Å². The summed E-state index contributed by atoms with van der Waals surface area (Å²) in [7, 11) is -3.74. The van der Waals surface area contributed by atoms with Gasteiger partial charge in [-0.1, -0.05) is 29.3 Å². The normalized spacial score (nSPS) is 11.2. The molecule has 0 unspecified atom stereocenters. The smallest absolute Gasteiger partial charge is 0.307 e. The maximum atomic E-state index is 12.2. The molecule has 0 bridgehead atoms. The van der Waals surface area contributed by atoms with Gasteiger partial charge in [0.05, 0.1) is 11.3 Å². The third kappa shape index (κ3) is 6.16. The Hall–Kier alpha value is -2.22. The molecule has 0 saturated carbocycles. The maximum Gasteiger partial charge on any atom is 0.307 e. The van der Waals surface area contributed by atoms with Crippen molar-refractivity contribution in [2.75, 3.05) is 13.2 Å². The lowest BCUT2D eigenvalue weighted by Gasteiger charge is -2.09. The first-order valence-electron chi connectivity index (χ1n) is 8.20. The topological polar surface area (TPSA) is 89.5 Å². The van der Waals surface area contributed by atoms with Crippen LogP contribution in [0.3, 0.4) is 0 Å². The number of ether oxygens (including phenoxy) is 1. The quantitative estimate of drug-likeness (QED) is 0.534. The minimum absolute atomic E-state index is 0.0466. The molecule has 0 spiro atoms. The van der Waals surface area contributed by atoms with E-state index < -0.39 is 16.0 Å². The Morgan fingerprint density at radius 2 is 1.74 bits per heavy atom. The van der Waals surface area contributed by atoms with Crippen molar-refractivity contribution in [3.8, 4) is 0 Å². The number of hydrogen-bond donors (Lipinski definition) is 1. The van der Waals surface area contributed by atoms with Crippen molar-refractivity contribution in [1.29, 1.82) is 0 Å². The molecule has 0 radical (unpaired) electrons. The molecule has 0 saturated heterocycles. The van der Waals surface area contributed by atoms with E-state index in [0.717, 1.165) is 11.1 Å². The van der Waals surface area contributed by atoms with Crippen LogP contribution in [-0.2, 0) is 19.6 Å². The molecule has 144 valence electrons. The second kappa shape index (κ2) is 9.12. The van der Waals surface area contributed by atoms with E-state index in [2.05, 4.69) is 4.72 Å². The predicted molar refractivity (Wildman–Crippen MR) is 102 cm³/mol. The van der Waals surface area contributed by atoms with E-state index in [0.29, 0.717) is 10.6 Å². The Morgan fingerprint density at radius 3 is 2.41 bits per heavy atom. The number of rotatable bonds is 8. The molecule has 2 aromatic carbocycles. The molecule has 1 N–H and O–H groups in total. The van der Waals surface area contributed by atoms with Crippen molar-refractivity contribution < 1.29 is 22.7 Å². The fraction of sp³-hybridized carbons (Fsp3) is 0.263. The van der Waals surface area contributed by atoms with Crippen LogP contribution in [0.5, 0.6) is 0 Å². The third-order valence-electron chi connectivity index (χ3n) is 3.80. The monoisotopic (exact) mass is 409 g/mol. The van der Waals surface area contributed by atoms with Gasteiger partial charge in [-0.05, 0) is 49.7 Å². The van der Waals surface area contributed by atoms with Crippen LogP contribution in [0.2, 0.25) is 5.02 Å². The maximum absolute atomic E-state index is 12.2. The molecule has 2 aromatic rings. The summed E-state index contributed by atoms with van der Waals surface area (Å²) in [6.45, 7) is 3.16. The van der Waals surface area contributed by atoms with Crippen LogP contribution in [-0.4, -0.2) is 33.3 Å². The second-order valence-corrected chi connectivity index (χ2v) is 8.21. The lowest BCUT2D eigenvalue weighted by Crippen LogP contribution is -2.27. The fourth-order valence-electron chi connectivity index (χ4n) is 2.32. The molecule has 8 heteroatoms. The van der Waals surface area contributed by atoms with E-state index >= 15 is 0 Å². The Kier molecular flexibility index (Phi) is 7.12. The summed E-state index contributed by atoms with van der Waals surface area (Å²) >= 11 is 5.73. The van der Waals surface area contributed by atoms with E-state index in [1.807, 2.05) is 19.1 Å². The number of sulfonamides is 1. The molecule has 0 heterocycles. The zero-order valence-electron chi connectivity index (χ0n) is 15.0. The number of nitrogens with one attached hydrogen (secondary N) is 1. The van der Waals surface area contributed by atoms with Crippen LogP contribution in [0.4, 0.5) is 0 Å². The zero-order valence-corrected chi connectivity index (χ0v) is 16.6. The predicted octanol–water partition coefficient (Wildman–Crippen LogP) is 3.05. The Bertz CT molecular complexity index is 939.